The SMILES string of the molecule is C#CCCCC(NC)c1ccc(Cl)cn1. The molecule has 1 rings (SSSR count). The van der Waals surface area contributed by atoms with Gasteiger partial charge in [0.1, 0.15) is 0 Å². The normalized spacial score (nSPS) is 12.1. The average molecular weight is 223 g/mol. The first-order chi connectivity index (χ1) is 7.27. The molecular formula is C12H15ClN2. The van der Waals surface area contributed by atoms with E-state index in [-0.39, 0.29) is 6.04 Å². The van der Waals surface area contributed by atoms with Crippen molar-refractivity contribution in [1.82, 2.24) is 10.3 Å². The molecular weight excluding hydrogens is 208 g/mol. The van der Waals surface area contributed by atoms with Crippen molar-refractivity contribution in [3.63, 3.8) is 0 Å². The number of halogens is 1. The second-order valence-electron chi connectivity index (χ2n) is 3.34. The molecule has 1 aromatic heterocycles. The molecule has 0 fully saturated rings. The van der Waals surface area contributed by atoms with Crippen molar-refractivity contribution in [1.29, 1.82) is 0 Å². The van der Waals surface area contributed by atoms with Gasteiger partial charge in [-0.25, -0.2) is 0 Å². The zero-order valence-corrected chi connectivity index (χ0v) is 9.59. The van der Waals surface area contributed by atoms with E-state index in [9.17, 15) is 0 Å². The predicted molar refractivity (Wildman–Crippen MR) is 63.7 cm³/mol. The smallest absolute Gasteiger partial charge is 0.0589 e. The molecule has 1 heterocycles. The lowest BCUT2D eigenvalue weighted by molar-refractivity contribution is 0.520. The molecule has 3 heteroatoms. The van der Waals surface area contributed by atoms with Crippen LogP contribution >= 0.6 is 11.6 Å². The summed E-state index contributed by atoms with van der Waals surface area (Å²) < 4.78 is 0. The number of nitrogens with zero attached hydrogens (tertiary/aromatic N) is 1. The van der Waals surface area contributed by atoms with Gasteiger partial charge in [-0.15, -0.1) is 12.3 Å². The van der Waals surface area contributed by atoms with Crippen LogP contribution in [0.3, 0.4) is 0 Å². The van der Waals surface area contributed by atoms with Gasteiger partial charge in [0.2, 0.25) is 0 Å². The van der Waals surface area contributed by atoms with Crippen molar-refractivity contribution in [2.75, 3.05) is 7.05 Å². The van der Waals surface area contributed by atoms with Gasteiger partial charge < -0.3 is 5.32 Å². The Morgan fingerprint density at radius 1 is 1.60 bits per heavy atom. The highest BCUT2D eigenvalue weighted by Crippen LogP contribution is 2.18. The van der Waals surface area contributed by atoms with Crippen molar-refractivity contribution in [3.05, 3.63) is 29.0 Å². The second kappa shape index (κ2) is 6.44. The maximum Gasteiger partial charge on any atom is 0.0589 e. The lowest BCUT2D eigenvalue weighted by atomic mass is 10.1. The summed E-state index contributed by atoms with van der Waals surface area (Å²) in [6, 6.07) is 4.06. The van der Waals surface area contributed by atoms with Crippen molar-refractivity contribution < 1.29 is 0 Å². The third kappa shape index (κ3) is 3.91. The molecule has 0 radical (unpaired) electrons. The molecule has 0 aliphatic rings. The number of hydrogen-bond donors (Lipinski definition) is 1. The average Bonchev–Trinajstić information content (AvgIpc) is 2.26. The highest BCUT2D eigenvalue weighted by atomic mass is 35.5. The molecule has 0 aliphatic heterocycles. The van der Waals surface area contributed by atoms with E-state index >= 15 is 0 Å². The molecule has 15 heavy (non-hydrogen) atoms. The molecule has 0 saturated carbocycles. The van der Waals surface area contributed by atoms with Gasteiger partial charge in [-0.3, -0.25) is 4.98 Å². The van der Waals surface area contributed by atoms with Crippen LogP contribution in [0.2, 0.25) is 5.02 Å². The quantitative estimate of drug-likeness (QED) is 0.612. The van der Waals surface area contributed by atoms with E-state index in [1.54, 1.807) is 6.20 Å². The molecule has 2 nitrogen and oxygen atoms in total. The Balaban J connectivity index is 2.58. The number of pyridine rings is 1. The minimum Gasteiger partial charge on any atom is -0.312 e. The monoisotopic (exact) mass is 222 g/mol. The van der Waals surface area contributed by atoms with Crippen LogP contribution in [0.4, 0.5) is 0 Å². The Labute approximate surface area is 96.1 Å². The molecule has 80 valence electrons. The third-order valence-electron chi connectivity index (χ3n) is 2.27. The highest BCUT2D eigenvalue weighted by Gasteiger charge is 2.09. The van der Waals surface area contributed by atoms with E-state index in [0.717, 1.165) is 25.0 Å². The standard InChI is InChI=1S/C12H15ClN2/c1-3-4-5-6-11(14-2)12-8-7-10(13)9-15-12/h1,7-9,11,14H,4-6H2,2H3. The summed E-state index contributed by atoms with van der Waals surface area (Å²) >= 11 is 5.78. The molecule has 1 unspecified atom stereocenters. The number of unbranched alkanes of at least 4 members (excludes halogenated alkanes) is 1. The fourth-order valence-corrected chi connectivity index (χ4v) is 1.55. The van der Waals surface area contributed by atoms with E-state index in [1.165, 1.54) is 0 Å². The summed E-state index contributed by atoms with van der Waals surface area (Å²) in [5, 5.41) is 3.89. The Bertz CT molecular complexity index is 326. The van der Waals surface area contributed by atoms with Crippen LogP contribution in [-0.4, -0.2) is 12.0 Å². The lowest BCUT2D eigenvalue weighted by Crippen LogP contribution is -2.17. The first kappa shape index (κ1) is 12.0. The molecule has 0 saturated heterocycles. The summed E-state index contributed by atoms with van der Waals surface area (Å²) in [6.45, 7) is 0. The Kier molecular flexibility index (Phi) is 5.17. The maximum absolute atomic E-state index is 5.78. The van der Waals surface area contributed by atoms with E-state index < -0.39 is 0 Å². The number of terminal acetylenes is 1. The van der Waals surface area contributed by atoms with E-state index in [4.69, 9.17) is 18.0 Å². The van der Waals surface area contributed by atoms with Crippen LogP contribution in [0, 0.1) is 12.3 Å². The highest BCUT2D eigenvalue weighted by molar-refractivity contribution is 6.30. The predicted octanol–water partition coefficient (Wildman–Crippen LogP) is 2.80. The third-order valence-corrected chi connectivity index (χ3v) is 2.49. The van der Waals surface area contributed by atoms with Gasteiger partial charge in [-0.1, -0.05) is 11.6 Å². The van der Waals surface area contributed by atoms with Crippen LogP contribution in [0.15, 0.2) is 18.3 Å². The van der Waals surface area contributed by atoms with Crippen LogP contribution in [-0.2, 0) is 0 Å². The van der Waals surface area contributed by atoms with Gasteiger partial charge in [-0.05, 0) is 32.0 Å². The summed E-state index contributed by atoms with van der Waals surface area (Å²) in [7, 11) is 1.93. The molecule has 1 aromatic rings. The van der Waals surface area contributed by atoms with Gasteiger partial charge >= 0.3 is 0 Å². The molecule has 0 spiro atoms. The Hall–Kier alpha value is -1.04. The number of rotatable bonds is 5. The number of hydrogen-bond acceptors (Lipinski definition) is 2. The Morgan fingerprint density at radius 2 is 2.40 bits per heavy atom. The summed E-state index contributed by atoms with van der Waals surface area (Å²) in [6.07, 6.45) is 9.69. The summed E-state index contributed by atoms with van der Waals surface area (Å²) in [4.78, 5) is 4.28. The topological polar surface area (TPSA) is 24.9 Å². The van der Waals surface area contributed by atoms with Crippen LogP contribution < -0.4 is 5.32 Å². The van der Waals surface area contributed by atoms with Crippen molar-refractivity contribution in [3.8, 4) is 12.3 Å². The van der Waals surface area contributed by atoms with Crippen molar-refractivity contribution in [2.24, 2.45) is 0 Å². The van der Waals surface area contributed by atoms with Crippen molar-refractivity contribution in [2.45, 2.75) is 25.3 Å². The Morgan fingerprint density at radius 3 is 2.93 bits per heavy atom. The molecule has 1 atom stereocenters. The second-order valence-corrected chi connectivity index (χ2v) is 3.78. The van der Waals surface area contributed by atoms with Crippen LogP contribution in [0.5, 0.6) is 0 Å². The first-order valence-electron chi connectivity index (χ1n) is 5.00. The largest absolute Gasteiger partial charge is 0.312 e. The van der Waals surface area contributed by atoms with Gasteiger partial charge in [0.15, 0.2) is 0 Å². The molecule has 1 N–H and O–H groups in total. The van der Waals surface area contributed by atoms with E-state index in [2.05, 4.69) is 16.2 Å². The van der Waals surface area contributed by atoms with Gasteiger partial charge in [0.05, 0.1) is 10.7 Å². The fraction of sp³-hybridized carbons (Fsp3) is 0.417. The van der Waals surface area contributed by atoms with Gasteiger partial charge in [0.25, 0.3) is 0 Å². The number of nitrogens with one attached hydrogen (secondary N) is 1. The molecule has 0 aliphatic carbocycles. The van der Waals surface area contributed by atoms with Gasteiger partial charge in [-0.2, -0.15) is 0 Å². The van der Waals surface area contributed by atoms with Crippen molar-refractivity contribution >= 4 is 11.6 Å². The van der Waals surface area contributed by atoms with E-state index in [1.807, 2.05) is 19.2 Å². The lowest BCUT2D eigenvalue weighted by Gasteiger charge is -2.14. The zero-order valence-electron chi connectivity index (χ0n) is 8.83. The summed E-state index contributed by atoms with van der Waals surface area (Å²) in [5.41, 5.74) is 1.01. The number of aromatic nitrogens is 1. The molecule has 0 aromatic carbocycles. The maximum atomic E-state index is 5.78. The van der Waals surface area contributed by atoms with E-state index in [0.29, 0.717) is 5.02 Å². The first-order valence-corrected chi connectivity index (χ1v) is 5.38. The van der Waals surface area contributed by atoms with Crippen LogP contribution in [0.1, 0.15) is 31.0 Å². The van der Waals surface area contributed by atoms with Crippen LogP contribution in [0.25, 0.3) is 0 Å². The summed E-state index contributed by atoms with van der Waals surface area (Å²) in [5.74, 6) is 2.64. The zero-order chi connectivity index (χ0) is 11.1. The molecule has 0 amide bonds. The van der Waals surface area contributed by atoms with Gasteiger partial charge in [0, 0.05) is 18.7 Å². The molecule has 0 bridgehead atoms. The minimum atomic E-state index is 0.260. The fourth-order valence-electron chi connectivity index (χ4n) is 1.44. The minimum absolute atomic E-state index is 0.260.